The SMILES string of the molecule is c1cc2c(cc1CN1CCC3(CCCCO3)CC1)CCO2. The molecule has 4 rings (SSSR count). The summed E-state index contributed by atoms with van der Waals surface area (Å²) >= 11 is 0. The summed E-state index contributed by atoms with van der Waals surface area (Å²) < 4.78 is 11.7. The van der Waals surface area contributed by atoms with Crippen molar-refractivity contribution >= 4 is 0 Å². The summed E-state index contributed by atoms with van der Waals surface area (Å²) in [6, 6.07) is 6.71. The molecule has 21 heavy (non-hydrogen) atoms. The smallest absolute Gasteiger partial charge is 0.122 e. The van der Waals surface area contributed by atoms with E-state index in [1.165, 1.54) is 56.3 Å². The highest BCUT2D eigenvalue weighted by molar-refractivity contribution is 5.39. The largest absolute Gasteiger partial charge is 0.493 e. The minimum Gasteiger partial charge on any atom is -0.493 e. The van der Waals surface area contributed by atoms with Crippen LogP contribution in [0, 0.1) is 0 Å². The van der Waals surface area contributed by atoms with Crippen molar-refractivity contribution in [3.63, 3.8) is 0 Å². The highest BCUT2D eigenvalue weighted by Gasteiger charge is 2.36. The molecule has 0 atom stereocenters. The van der Waals surface area contributed by atoms with Crippen molar-refractivity contribution in [3.05, 3.63) is 29.3 Å². The first kappa shape index (κ1) is 13.6. The quantitative estimate of drug-likeness (QED) is 0.834. The van der Waals surface area contributed by atoms with Gasteiger partial charge in [-0.05, 0) is 49.3 Å². The van der Waals surface area contributed by atoms with Crippen molar-refractivity contribution in [1.29, 1.82) is 0 Å². The van der Waals surface area contributed by atoms with Crippen LogP contribution in [0.1, 0.15) is 43.2 Å². The first-order valence-electron chi connectivity index (χ1n) is 8.44. The molecule has 1 spiro atoms. The highest BCUT2D eigenvalue weighted by atomic mass is 16.5. The van der Waals surface area contributed by atoms with Crippen molar-refractivity contribution in [2.45, 2.75) is 50.7 Å². The van der Waals surface area contributed by atoms with Gasteiger partial charge in [0.15, 0.2) is 0 Å². The summed E-state index contributed by atoms with van der Waals surface area (Å²) in [4.78, 5) is 2.58. The van der Waals surface area contributed by atoms with Crippen LogP contribution in [0.15, 0.2) is 18.2 Å². The lowest BCUT2D eigenvalue weighted by atomic mass is 9.84. The number of nitrogens with zero attached hydrogens (tertiary/aromatic N) is 1. The van der Waals surface area contributed by atoms with Gasteiger partial charge < -0.3 is 9.47 Å². The Morgan fingerprint density at radius 3 is 2.76 bits per heavy atom. The Morgan fingerprint density at radius 1 is 1.05 bits per heavy atom. The molecule has 3 heteroatoms. The summed E-state index contributed by atoms with van der Waals surface area (Å²) in [6.07, 6.45) is 7.37. The summed E-state index contributed by atoms with van der Waals surface area (Å²) in [7, 11) is 0. The van der Waals surface area contributed by atoms with Crippen LogP contribution >= 0.6 is 0 Å². The van der Waals surface area contributed by atoms with E-state index in [-0.39, 0.29) is 5.60 Å². The predicted octanol–water partition coefficient (Wildman–Crippen LogP) is 3.16. The number of fused-ring (bicyclic) bond motifs is 1. The zero-order valence-electron chi connectivity index (χ0n) is 12.8. The molecule has 0 aromatic heterocycles. The van der Waals surface area contributed by atoms with Gasteiger partial charge in [0.1, 0.15) is 5.75 Å². The lowest BCUT2D eigenvalue weighted by Crippen LogP contribution is -2.47. The number of piperidine rings is 1. The molecule has 0 saturated carbocycles. The van der Waals surface area contributed by atoms with Gasteiger partial charge in [0.2, 0.25) is 0 Å². The molecule has 3 nitrogen and oxygen atoms in total. The maximum absolute atomic E-state index is 6.12. The van der Waals surface area contributed by atoms with Crippen molar-refractivity contribution in [2.75, 3.05) is 26.3 Å². The molecule has 114 valence electrons. The predicted molar refractivity (Wildman–Crippen MR) is 82.7 cm³/mol. The fourth-order valence-electron chi connectivity index (χ4n) is 4.02. The monoisotopic (exact) mass is 287 g/mol. The molecule has 0 bridgehead atoms. The Bertz CT molecular complexity index is 498. The Kier molecular flexibility index (Phi) is 3.64. The molecular formula is C18H25NO2. The van der Waals surface area contributed by atoms with Gasteiger partial charge in [0, 0.05) is 32.7 Å². The maximum atomic E-state index is 6.12. The molecule has 1 aromatic carbocycles. The van der Waals surface area contributed by atoms with Crippen LogP contribution in [0.3, 0.4) is 0 Å². The molecule has 0 radical (unpaired) electrons. The minimum atomic E-state index is 0.223. The second-order valence-corrected chi connectivity index (χ2v) is 6.81. The van der Waals surface area contributed by atoms with Gasteiger partial charge in [-0.25, -0.2) is 0 Å². The number of hydrogen-bond donors (Lipinski definition) is 0. The Labute approximate surface area is 127 Å². The van der Waals surface area contributed by atoms with Crippen LogP contribution in [0.5, 0.6) is 5.75 Å². The fraction of sp³-hybridized carbons (Fsp3) is 0.667. The second-order valence-electron chi connectivity index (χ2n) is 6.81. The van der Waals surface area contributed by atoms with E-state index in [2.05, 4.69) is 23.1 Å². The first-order chi connectivity index (χ1) is 10.3. The third-order valence-corrected chi connectivity index (χ3v) is 5.36. The van der Waals surface area contributed by atoms with Crippen LogP contribution in [0.2, 0.25) is 0 Å². The van der Waals surface area contributed by atoms with E-state index in [1.54, 1.807) is 0 Å². The van der Waals surface area contributed by atoms with E-state index < -0.39 is 0 Å². The molecule has 2 saturated heterocycles. The number of ether oxygens (including phenoxy) is 2. The third-order valence-electron chi connectivity index (χ3n) is 5.36. The molecule has 2 fully saturated rings. The average molecular weight is 287 g/mol. The molecular weight excluding hydrogens is 262 g/mol. The van der Waals surface area contributed by atoms with Crippen molar-refractivity contribution in [1.82, 2.24) is 4.90 Å². The van der Waals surface area contributed by atoms with Gasteiger partial charge in [-0.3, -0.25) is 4.90 Å². The summed E-state index contributed by atoms with van der Waals surface area (Å²) in [6.45, 7) is 5.25. The van der Waals surface area contributed by atoms with Crippen LogP contribution in [-0.4, -0.2) is 36.8 Å². The van der Waals surface area contributed by atoms with E-state index in [0.717, 1.165) is 31.9 Å². The lowest BCUT2D eigenvalue weighted by molar-refractivity contribution is -0.112. The normalized spacial score (nSPS) is 24.8. The number of rotatable bonds is 2. The summed E-state index contributed by atoms with van der Waals surface area (Å²) in [5, 5.41) is 0. The molecule has 0 unspecified atom stereocenters. The molecule has 0 amide bonds. The topological polar surface area (TPSA) is 21.7 Å². The van der Waals surface area contributed by atoms with Gasteiger partial charge in [0.05, 0.1) is 12.2 Å². The highest BCUT2D eigenvalue weighted by Crippen LogP contribution is 2.35. The molecule has 3 heterocycles. The van der Waals surface area contributed by atoms with E-state index in [9.17, 15) is 0 Å². The van der Waals surface area contributed by atoms with E-state index in [1.807, 2.05) is 0 Å². The van der Waals surface area contributed by atoms with E-state index in [0.29, 0.717) is 0 Å². The first-order valence-corrected chi connectivity index (χ1v) is 8.44. The second kappa shape index (κ2) is 5.62. The molecule has 3 aliphatic rings. The van der Waals surface area contributed by atoms with Crippen LogP contribution in [-0.2, 0) is 17.7 Å². The van der Waals surface area contributed by atoms with Gasteiger partial charge in [-0.1, -0.05) is 12.1 Å². The molecule has 0 aliphatic carbocycles. The van der Waals surface area contributed by atoms with Gasteiger partial charge >= 0.3 is 0 Å². The number of benzene rings is 1. The average Bonchev–Trinajstić information content (AvgIpc) is 2.98. The summed E-state index contributed by atoms with van der Waals surface area (Å²) in [5.41, 5.74) is 3.04. The van der Waals surface area contributed by atoms with Crippen molar-refractivity contribution < 1.29 is 9.47 Å². The lowest BCUT2D eigenvalue weighted by Gasteiger charge is -2.44. The standard InChI is InChI=1S/C18H25NO2/c1-2-11-21-18(6-1)7-9-19(10-8-18)14-15-3-4-17-16(13-15)5-12-20-17/h3-4,13H,1-2,5-12,14H2. The maximum Gasteiger partial charge on any atom is 0.122 e. The molecule has 1 aromatic rings. The molecule has 0 N–H and O–H groups in total. The van der Waals surface area contributed by atoms with Crippen molar-refractivity contribution in [2.24, 2.45) is 0 Å². The fourth-order valence-corrected chi connectivity index (χ4v) is 4.02. The van der Waals surface area contributed by atoms with Crippen LogP contribution in [0.25, 0.3) is 0 Å². The Balaban J connectivity index is 1.36. The third kappa shape index (κ3) is 2.82. The van der Waals surface area contributed by atoms with Gasteiger partial charge in [-0.2, -0.15) is 0 Å². The molecule has 3 aliphatic heterocycles. The van der Waals surface area contributed by atoms with E-state index in [4.69, 9.17) is 9.47 Å². The Hall–Kier alpha value is -1.06. The van der Waals surface area contributed by atoms with Crippen LogP contribution < -0.4 is 4.74 Å². The van der Waals surface area contributed by atoms with Crippen molar-refractivity contribution in [3.8, 4) is 5.75 Å². The number of hydrogen-bond acceptors (Lipinski definition) is 3. The Morgan fingerprint density at radius 2 is 1.95 bits per heavy atom. The minimum absolute atomic E-state index is 0.223. The van der Waals surface area contributed by atoms with Gasteiger partial charge in [-0.15, -0.1) is 0 Å². The number of likely N-dealkylation sites (tertiary alicyclic amines) is 1. The van der Waals surface area contributed by atoms with Gasteiger partial charge in [0.25, 0.3) is 0 Å². The zero-order valence-corrected chi connectivity index (χ0v) is 12.8. The van der Waals surface area contributed by atoms with Crippen LogP contribution in [0.4, 0.5) is 0 Å². The summed E-state index contributed by atoms with van der Waals surface area (Å²) in [5.74, 6) is 1.09. The van der Waals surface area contributed by atoms with E-state index >= 15 is 0 Å². The zero-order chi connectivity index (χ0) is 14.1.